The SMILES string of the molecule is CCCCCCCCOc1ccc2c3c(cccc13)C(=N)N(OC[C@]13CCC1(C(C)C)CC3=O)C2=O. The van der Waals surface area contributed by atoms with Gasteiger partial charge in [0.2, 0.25) is 0 Å². The number of hydrogen-bond donors (Lipinski definition) is 1. The first kappa shape index (κ1) is 24.9. The predicted molar refractivity (Wildman–Crippen MR) is 140 cm³/mol. The molecule has 0 bridgehead atoms. The topological polar surface area (TPSA) is 79.7 Å². The number of hydrogen-bond acceptors (Lipinski definition) is 5. The molecule has 1 unspecified atom stereocenters. The summed E-state index contributed by atoms with van der Waals surface area (Å²) in [5.74, 6) is 1.02. The summed E-state index contributed by atoms with van der Waals surface area (Å²) in [5.41, 5.74) is 0.617. The fraction of sp³-hybridized carbons (Fsp3) is 0.567. The maximum atomic E-state index is 13.5. The Balaban J connectivity index is 1.31. The number of amidine groups is 1. The minimum atomic E-state index is -0.512. The molecular weight excluding hydrogens is 452 g/mol. The minimum absolute atomic E-state index is 0.0174. The third-order valence-corrected chi connectivity index (χ3v) is 9.14. The van der Waals surface area contributed by atoms with Crippen LogP contribution in [-0.2, 0) is 9.63 Å². The van der Waals surface area contributed by atoms with E-state index in [2.05, 4.69) is 20.8 Å². The van der Waals surface area contributed by atoms with Gasteiger partial charge in [0.1, 0.15) is 11.5 Å². The maximum absolute atomic E-state index is 13.5. The van der Waals surface area contributed by atoms with Crippen molar-refractivity contribution < 1.29 is 19.2 Å². The van der Waals surface area contributed by atoms with Gasteiger partial charge < -0.3 is 4.74 Å². The molecule has 0 saturated heterocycles. The summed E-state index contributed by atoms with van der Waals surface area (Å²) in [7, 11) is 0. The Bertz CT molecular complexity index is 1180. The van der Waals surface area contributed by atoms with Crippen molar-refractivity contribution in [1.82, 2.24) is 5.06 Å². The van der Waals surface area contributed by atoms with Crippen LogP contribution in [0.5, 0.6) is 5.75 Å². The first-order valence-electron chi connectivity index (χ1n) is 13.6. The van der Waals surface area contributed by atoms with Crippen LogP contribution in [0.4, 0.5) is 0 Å². The van der Waals surface area contributed by atoms with Crippen molar-refractivity contribution in [1.29, 1.82) is 5.41 Å². The molecule has 2 aromatic carbocycles. The second-order valence-electron chi connectivity index (χ2n) is 11.2. The smallest absolute Gasteiger partial charge is 0.284 e. The Hall–Kier alpha value is -2.73. The summed E-state index contributed by atoms with van der Waals surface area (Å²) in [5, 5.41) is 11.5. The molecule has 1 amide bonds. The van der Waals surface area contributed by atoms with Crippen molar-refractivity contribution in [3.05, 3.63) is 41.5 Å². The molecule has 0 spiro atoms. The van der Waals surface area contributed by atoms with Crippen LogP contribution in [0, 0.1) is 22.2 Å². The number of ether oxygens (including phenoxy) is 1. The van der Waals surface area contributed by atoms with E-state index in [-0.39, 0.29) is 29.5 Å². The highest BCUT2D eigenvalue weighted by Crippen LogP contribution is 2.71. The van der Waals surface area contributed by atoms with E-state index in [0.717, 1.165) is 47.3 Å². The van der Waals surface area contributed by atoms with E-state index in [0.29, 0.717) is 30.1 Å². The standard InChI is InChI=1S/C30H38N2O4/c1-4-5-6-7-8-9-17-35-24-14-13-23-26-21(24)11-10-12-22(26)27(31)32(28(23)34)36-19-30-16-15-29(30,20(2)3)18-25(30)33/h10-14,20,31H,4-9,15-19H2,1-3H3/t29?,30-/m0/s1. The van der Waals surface area contributed by atoms with Crippen LogP contribution in [0.3, 0.4) is 0 Å². The van der Waals surface area contributed by atoms with Gasteiger partial charge in [-0.15, -0.1) is 0 Å². The van der Waals surface area contributed by atoms with Gasteiger partial charge in [0, 0.05) is 22.8 Å². The average Bonchev–Trinajstić information content (AvgIpc) is 2.86. The molecule has 2 aromatic rings. The van der Waals surface area contributed by atoms with Gasteiger partial charge in [-0.25, -0.2) is 0 Å². The van der Waals surface area contributed by atoms with Gasteiger partial charge in [-0.2, -0.15) is 5.06 Å². The minimum Gasteiger partial charge on any atom is -0.493 e. The van der Waals surface area contributed by atoms with Crippen LogP contribution >= 0.6 is 0 Å². The van der Waals surface area contributed by atoms with Crippen molar-refractivity contribution in [3.8, 4) is 5.75 Å². The van der Waals surface area contributed by atoms with E-state index in [1.54, 1.807) is 6.07 Å². The number of Topliss-reactive ketones (excluding diaryl/α,β-unsaturated/α-hetero) is 1. The highest BCUT2D eigenvalue weighted by Gasteiger charge is 2.72. The van der Waals surface area contributed by atoms with Gasteiger partial charge in [-0.05, 0) is 42.7 Å². The van der Waals surface area contributed by atoms with Gasteiger partial charge in [0.05, 0.1) is 24.2 Å². The molecule has 1 aliphatic heterocycles. The predicted octanol–water partition coefficient (Wildman–Crippen LogP) is 6.69. The second kappa shape index (κ2) is 9.62. The highest BCUT2D eigenvalue weighted by atomic mass is 16.7. The van der Waals surface area contributed by atoms with Crippen LogP contribution < -0.4 is 4.74 Å². The van der Waals surface area contributed by atoms with E-state index in [4.69, 9.17) is 15.0 Å². The number of carbonyl (C=O) groups is 2. The number of unbranched alkanes of at least 4 members (excludes halogenated alkanes) is 5. The quantitative estimate of drug-likeness (QED) is 0.336. The summed E-state index contributed by atoms with van der Waals surface area (Å²) in [6.07, 6.45) is 9.60. The second-order valence-corrected chi connectivity index (χ2v) is 11.2. The molecule has 6 nitrogen and oxygen atoms in total. The van der Waals surface area contributed by atoms with Crippen molar-refractivity contribution in [3.63, 3.8) is 0 Å². The molecule has 2 atom stereocenters. The molecular formula is C30H38N2O4. The molecule has 0 aromatic heterocycles. The third kappa shape index (κ3) is 3.68. The Labute approximate surface area is 213 Å². The molecule has 2 aliphatic carbocycles. The van der Waals surface area contributed by atoms with E-state index in [1.807, 2.05) is 24.3 Å². The number of hydroxylamine groups is 2. The Kier molecular flexibility index (Phi) is 6.67. The highest BCUT2D eigenvalue weighted by molar-refractivity contribution is 6.26. The van der Waals surface area contributed by atoms with Gasteiger partial charge in [0.25, 0.3) is 5.91 Å². The van der Waals surface area contributed by atoms with Gasteiger partial charge >= 0.3 is 0 Å². The number of nitrogens with one attached hydrogen (secondary N) is 1. The summed E-state index contributed by atoms with van der Waals surface area (Å²) in [6, 6.07) is 9.33. The zero-order valence-corrected chi connectivity index (χ0v) is 21.8. The van der Waals surface area contributed by atoms with Gasteiger partial charge in [-0.3, -0.25) is 19.8 Å². The Morgan fingerprint density at radius 1 is 1.00 bits per heavy atom. The molecule has 2 saturated carbocycles. The number of rotatable bonds is 12. The van der Waals surface area contributed by atoms with E-state index < -0.39 is 5.41 Å². The fourth-order valence-electron chi connectivity index (χ4n) is 6.68. The zero-order chi connectivity index (χ0) is 25.5. The van der Waals surface area contributed by atoms with Gasteiger partial charge in [-0.1, -0.05) is 71.1 Å². The summed E-state index contributed by atoms with van der Waals surface area (Å²) < 4.78 is 6.12. The molecule has 5 rings (SSSR count). The van der Waals surface area contributed by atoms with E-state index in [9.17, 15) is 9.59 Å². The number of carbonyl (C=O) groups excluding carboxylic acids is 2. The van der Waals surface area contributed by atoms with Gasteiger partial charge in [0.15, 0.2) is 5.84 Å². The first-order valence-corrected chi connectivity index (χ1v) is 13.6. The molecule has 0 radical (unpaired) electrons. The lowest BCUT2D eigenvalue weighted by Gasteiger charge is -2.68. The van der Waals surface area contributed by atoms with Crippen molar-refractivity contribution in [2.45, 2.75) is 78.6 Å². The molecule has 3 aliphatic rings. The summed E-state index contributed by atoms with van der Waals surface area (Å²) in [4.78, 5) is 32.2. The largest absolute Gasteiger partial charge is 0.493 e. The molecule has 2 fully saturated rings. The van der Waals surface area contributed by atoms with Crippen molar-refractivity contribution >= 4 is 28.3 Å². The Morgan fingerprint density at radius 3 is 2.47 bits per heavy atom. The van der Waals surface area contributed by atoms with Crippen molar-refractivity contribution in [2.75, 3.05) is 13.2 Å². The lowest BCUT2D eigenvalue weighted by molar-refractivity contribution is -0.237. The monoisotopic (exact) mass is 490 g/mol. The van der Waals surface area contributed by atoms with E-state index in [1.165, 1.54) is 25.7 Å². The molecule has 1 N–H and O–H groups in total. The zero-order valence-electron chi connectivity index (χ0n) is 21.8. The van der Waals surface area contributed by atoms with Crippen LogP contribution in [0.2, 0.25) is 0 Å². The maximum Gasteiger partial charge on any atom is 0.284 e. The van der Waals surface area contributed by atoms with Crippen LogP contribution in [0.25, 0.3) is 10.8 Å². The summed E-state index contributed by atoms with van der Waals surface area (Å²) >= 11 is 0. The average molecular weight is 491 g/mol. The number of amides is 1. The van der Waals surface area contributed by atoms with Crippen LogP contribution in [-0.4, -0.2) is 35.8 Å². The fourth-order valence-corrected chi connectivity index (χ4v) is 6.68. The van der Waals surface area contributed by atoms with Crippen LogP contribution in [0.15, 0.2) is 30.3 Å². The molecule has 6 heteroatoms. The molecule has 1 heterocycles. The normalized spacial score (nSPS) is 24.7. The number of benzene rings is 2. The molecule has 192 valence electrons. The number of ketones is 1. The first-order chi connectivity index (χ1) is 17.4. The number of nitrogens with zero attached hydrogens (tertiary/aromatic N) is 1. The molecule has 36 heavy (non-hydrogen) atoms. The Morgan fingerprint density at radius 2 is 1.78 bits per heavy atom. The lowest BCUT2D eigenvalue weighted by atomic mass is 9.34. The third-order valence-electron chi connectivity index (χ3n) is 9.14. The summed E-state index contributed by atoms with van der Waals surface area (Å²) in [6.45, 7) is 7.34. The van der Waals surface area contributed by atoms with Crippen LogP contribution in [0.1, 0.15) is 94.5 Å². The van der Waals surface area contributed by atoms with Crippen molar-refractivity contribution in [2.24, 2.45) is 16.7 Å². The van der Waals surface area contributed by atoms with E-state index >= 15 is 0 Å². The lowest BCUT2D eigenvalue weighted by Crippen LogP contribution is -2.70. The number of fused-ring (bicyclic) bond motifs is 1.